The van der Waals surface area contributed by atoms with Crippen molar-refractivity contribution < 1.29 is 4.52 Å². The van der Waals surface area contributed by atoms with Gasteiger partial charge >= 0.3 is 0 Å². The third-order valence-corrected chi connectivity index (χ3v) is 3.34. The Morgan fingerprint density at radius 3 is 2.50 bits per heavy atom. The van der Waals surface area contributed by atoms with Gasteiger partial charge < -0.3 is 4.52 Å². The van der Waals surface area contributed by atoms with Gasteiger partial charge in [0.15, 0.2) is 11.5 Å². The zero-order valence-corrected chi connectivity index (χ0v) is 11.9. The fraction of sp³-hybridized carbons (Fsp3) is 0.286. The lowest BCUT2D eigenvalue weighted by Crippen LogP contribution is -1.93. The molecule has 0 N–H and O–H groups in total. The molecule has 0 radical (unpaired) electrons. The quantitative estimate of drug-likeness (QED) is 0.855. The van der Waals surface area contributed by atoms with Crippen LogP contribution in [0.3, 0.4) is 0 Å². The second kappa shape index (κ2) is 5.36. The van der Waals surface area contributed by atoms with E-state index in [-0.39, 0.29) is 5.69 Å². The Labute approximate surface area is 115 Å². The van der Waals surface area contributed by atoms with Gasteiger partial charge in [-0.1, -0.05) is 43.3 Å². The van der Waals surface area contributed by atoms with E-state index in [1.807, 2.05) is 18.2 Å². The summed E-state index contributed by atoms with van der Waals surface area (Å²) < 4.78 is 5.79. The van der Waals surface area contributed by atoms with Crippen molar-refractivity contribution in [2.24, 2.45) is 5.92 Å². The molecule has 92 valence electrons. The number of benzene rings is 1. The number of halogens is 1. The SMILES string of the molecule is CC(C)Cc1ccc(-c2onc(C#N)c2Br)cc1. The van der Waals surface area contributed by atoms with Crippen LogP contribution >= 0.6 is 15.9 Å². The summed E-state index contributed by atoms with van der Waals surface area (Å²) in [7, 11) is 0. The molecule has 2 aromatic rings. The number of aromatic nitrogens is 1. The van der Waals surface area contributed by atoms with Gasteiger partial charge in [-0.15, -0.1) is 0 Å². The van der Waals surface area contributed by atoms with Gasteiger partial charge in [0.05, 0.1) is 0 Å². The van der Waals surface area contributed by atoms with Crippen molar-refractivity contribution in [3.8, 4) is 17.4 Å². The Kier molecular flexibility index (Phi) is 3.83. The van der Waals surface area contributed by atoms with Gasteiger partial charge in [-0.05, 0) is 33.8 Å². The van der Waals surface area contributed by atoms with E-state index in [9.17, 15) is 0 Å². The lowest BCUT2D eigenvalue weighted by atomic mass is 10.0. The highest BCUT2D eigenvalue weighted by Crippen LogP contribution is 2.31. The highest BCUT2D eigenvalue weighted by molar-refractivity contribution is 9.10. The summed E-state index contributed by atoms with van der Waals surface area (Å²) in [5.74, 6) is 1.24. The first kappa shape index (κ1) is 12.8. The van der Waals surface area contributed by atoms with Gasteiger partial charge in [-0.3, -0.25) is 0 Å². The average Bonchev–Trinajstić information content (AvgIpc) is 2.71. The highest BCUT2D eigenvalue weighted by Gasteiger charge is 2.14. The van der Waals surface area contributed by atoms with Gasteiger partial charge in [-0.2, -0.15) is 5.26 Å². The molecule has 1 aromatic heterocycles. The normalized spacial score (nSPS) is 10.6. The summed E-state index contributed by atoms with van der Waals surface area (Å²) in [4.78, 5) is 0. The van der Waals surface area contributed by atoms with Crippen LogP contribution in [0.25, 0.3) is 11.3 Å². The summed E-state index contributed by atoms with van der Waals surface area (Å²) in [6.07, 6.45) is 1.06. The predicted molar refractivity (Wildman–Crippen MR) is 72.9 cm³/mol. The monoisotopic (exact) mass is 304 g/mol. The third-order valence-electron chi connectivity index (χ3n) is 2.60. The number of nitrogens with zero attached hydrogens (tertiary/aromatic N) is 2. The van der Waals surface area contributed by atoms with Crippen molar-refractivity contribution in [2.75, 3.05) is 0 Å². The maximum Gasteiger partial charge on any atom is 0.198 e. The van der Waals surface area contributed by atoms with Crippen molar-refractivity contribution in [3.05, 3.63) is 40.0 Å². The summed E-state index contributed by atoms with van der Waals surface area (Å²) in [6, 6.07) is 10.1. The van der Waals surface area contributed by atoms with E-state index in [0.29, 0.717) is 16.2 Å². The first-order chi connectivity index (χ1) is 8.61. The Morgan fingerprint density at radius 2 is 2.00 bits per heavy atom. The molecule has 4 heteroatoms. The molecule has 18 heavy (non-hydrogen) atoms. The summed E-state index contributed by atoms with van der Waals surface area (Å²) >= 11 is 3.33. The fourth-order valence-electron chi connectivity index (χ4n) is 1.79. The molecule has 0 atom stereocenters. The number of rotatable bonds is 3. The standard InChI is InChI=1S/C14H13BrN2O/c1-9(2)7-10-3-5-11(6-4-10)14-13(15)12(8-16)17-18-14/h3-6,9H,7H2,1-2H3. The molecule has 0 unspecified atom stereocenters. The second-order valence-corrected chi connectivity index (χ2v) is 5.37. The first-order valence-electron chi connectivity index (χ1n) is 5.76. The average molecular weight is 305 g/mol. The van der Waals surface area contributed by atoms with Gasteiger partial charge in [0.1, 0.15) is 10.5 Å². The van der Waals surface area contributed by atoms with Crippen LogP contribution in [-0.4, -0.2) is 5.16 Å². The molecule has 0 saturated carbocycles. The highest BCUT2D eigenvalue weighted by atomic mass is 79.9. The Balaban J connectivity index is 2.29. The van der Waals surface area contributed by atoms with E-state index in [2.05, 4.69) is 47.1 Å². The maximum absolute atomic E-state index is 8.82. The van der Waals surface area contributed by atoms with Gasteiger partial charge in [-0.25, -0.2) is 0 Å². The maximum atomic E-state index is 8.82. The van der Waals surface area contributed by atoms with E-state index in [1.165, 1.54) is 5.56 Å². The lowest BCUT2D eigenvalue weighted by Gasteiger charge is -2.05. The smallest absolute Gasteiger partial charge is 0.198 e. The summed E-state index contributed by atoms with van der Waals surface area (Å²) in [5.41, 5.74) is 2.49. The molecule has 1 aromatic carbocycles. The molecule has 0 bridgehead atoms. The lowest BCUT2D eigenvalue weighted by molar-refractivity contribution is 0.430. The minimum absolute atomic E-state index is 0.274. The van der Waals surface area contributed by atoms with Crippen LogP contribution in [0.5, 0.6) is 0 Å². The molecule has 3 nitrogen and oxygen atoms in total. The molecule has 2 rings (SSSR count). The molecule has 0 aliphatic heterocycles. The van der Waals surface area contributed by atoms with Crippen molar-refractivity contribution >= 4 is 15.9 Å². The summed E-state index contributed by atoms with van der Waals surface area (Å²) in [5, 5.41) is 12.5. The van der Waals surface area contributed by atoms with Crippen LogP contribution in [0.15, 0.2) is 33.3 Å². The van der Waals surface area contributed by atoms with Crippen LogP contribution in [-0.2, 0) is 6.42 Å². The van der Waals surface area contributed by atoms with Gasteiger partial charge in [0.2, 0.25) is 0 Å². The van der Waals surface area contributed by atoms with Crippen molar-refractivity contribution in [2.45, 2.75) is 20.3 Å². The van der Waals surface area contributed by atoms with E-state index in [4.69, 9.17) is 9.78 Å². The number of nitriles is 1. The van der Waals surface area contributed by atoms with E-state index in [1.54, 1.807) is 0 Å². The van der Waals surface area contributed by atoms with Crippen LogP contribution in [0.4, 0.5) is 0 Å². The minimum atomic E-state index is 0.274. The van der Waals surface area contributed by atoms with Crippen LogP contribution in [0.2, 0.25) is 0 Å². The molecular formula is C14H13BrN2O. The fourth-order valence-corrected chi connectivity index (χ4v) is 2.25. The third kappa shape index (κ3) is 2.62. The minimum Gasteiger partial charge on any atom is -0.354 e. The van der Waals surface area contributed by atoms with Gasteiger partial charge in [0.25, 0.3) is 0 Å². The Morgan fingerprint density at radius 1 is 1.33 bits per heavy atom. The van der Waals surface area contributed by atoms with E-state index in [0.717, 1.165) is 12.0 Å². The molecule has 0 fully saturated rings. The van der Waals surface area contributed by atoms with Crippen molar-refractivity contribution in [1.82, 2.24) is 5.16 Å². The first-order valence-corrected chi connectivity index (χ1v) is 6.55. The number of hydrogen-bond donors (Lipinski definition) is 0. The Hall–Kier alpha value is -1.60. The molecule has 0 amide bonds. The molecule has 0 aliphatic rings. The molecule has 0 saturated heterocycles. The van der Waals surface area contributed by atoms with Gasteiger partial charge in [0, 0.05) is 5.56 Å². The molecule has 0 aliphatic carbocycles. The molecule has 1 heterocycles. The predicted octanol–water partition coefficient (Wildman–Crippen LogP) is 4.17. The molecule has 0 spiro atoms. The zero-order chi connectivity index (χ0) is 13.1. The Bertz CT molecular complexity index is 579. The topological polar surface area (TPSA) is 49.8 Å². The van der Waals surface area contributed by atoms with Crippen LogP contribution < -0.4 is 0 Å². The van der Waals surface area contributed by atoms with Crippen LogP contribution in [0, 0.1) is 17.2 Å². The van der Waals surface area contributed by atoms with E-state index < -0.39 is 0 Å². The van der Waals surface area contributed by atoms with Crippen molar-refractivity contribution in [3.63, 3.8) is 0 Å². The van der Waals surface area contributed by atoms with Crippen LogP contribution in [0.1, 0.15) is 25.1 Å². The second-order valence-electron chi connectivity index (χ2n) is 4.58. The van der Waals surface area contributed by atoms with Crippen molar-refractivity contribution in [1.29, 1.82) is 5.26 Å². The number of hydrogen-bond acceptors (Lipinski definition) is 3. The molecular weight excluding hydrogens is 292 g/mol. The van der Waals surface area contributed by atoms with E-state index >= 15 is 0 Å². The summed E-state index contributed by atoms with van der Waals surface area (Å²) in [6.45, 7) is 4.39. The zero-order valence-electron chi connectivity index (χ0n) is 10.3. The largest absolute Gasteiger partial charge is 0.354 e.